The molecule has 0 aliphatic carbocycles. The van der Waals surface area contributed by atoms with Gasteiger partial charge in [-0.05, 0) is 49.2 Å². The molecule has 0 spiro atoms. The smallest absolute Gasteiger partial charge is 0.387 e. The molecule has 0 fully saturated rings. The van der Waals surface area contributed by atoms with Crippen molar-refractivity contribution in [1.29, 1.82) is 0 Å². The molecule has 2 rings (SSSR count). The molecule has 1 heterocycles. The zero-order valence-electron chi connectivity index (χ0n) is 13.8. The number of ether oxygens (including phenoxy) is 1. The molecule has 2 aromatic rings. The van der Waals surface area contributed by atoms with Crippen LogP contribution in [0.4, 0.5) is 8.78 Å². The number of carbonyl (C=O) groups is 1. The van der Waals surface area contributed by atoms with E-state index in [1.807, 2.05) is 13.0 Å². The Morgan fingerprint density at radius 2 is 1.96 bits per heavy atom. The van der Waals surface area contributed by atoms with Crippen LogP contribution in [0.25, 0.3) is 6.08 Å². The van der Waals surface area contributed by atoms with E-state index in [1.165, 1.54) is 24.3 Å². The molecular weight excluding hydrogens is 330 g/mol. The molecule has 0 aliphatic heterocycles. The highest BCUT2D eigenvalue weighted by molar-refractivity contribution is 5.91. The van der Waals surface area contributed by atoms with Gasteiger partial charge in [-0.15, -0.1) is 0 Å². The van der Waals surface area contributed by atoms with Crippen molar-refractivity contribution in [2.75, 3.05) is 0 Å². The zero-order valence-corrected chi connectivity index (χ0v) is 13.8. The van der Waals surface area contributed by atoms with Crippen molar-refractivity contribution >= 4 is 12.0 Å². The lowest BCUT2D eigenvalue weighted by atomic mass is 10.1. The van der Waals surface area contributed by atoms with Gasteiger partial charge in [0.25, 0.3) is 5.56 Å². The minimum Gasteiger partial charge on any atom is -0.435 e. The van der Waals surface area contributed by atoms with Gasteiger partial charge in [0.2, 0.25) is 5.91 Å². The number of nitrogens with one attached hydrogen (secondary N) is 2. The Kier molecular flexibility index (Phi) is 6.05. The summed E-state index contributed by atoms with van der Waals surface area (Å²) in [6.07, 6.45) is 2.84. The Labute approximate surface area is 143 Å². The molecule has 2 N–H and O–H groups in total. The van der Waals surface area contributed by atoms with Crippen LogP contribution in [-0.2, 0) is 11.3 Å². The van der Waals surface area contributed by atoms with Crippen molar-refractivity contribution < 1.29 is 18.3 Å². The van der Waals surface area contributed by atoms with Crippen LogP contribution < -0.4 is 15.6 Å². The summed E-state index contributed by atoms with van der Waals surface area (Å²) in [4.78, 5) is 26.4. The van der Waals surface area contributed by atoms with E-state index in [-0.39, 0.29) is 23.8 Å². The van der Waals surface area contributed by atoms with Crippen LogP contribution in [-0.4, -0.2) is 17.5 Å². The monoisotopic (exact) mass is 348 g/mol. The van der Waals surface area contributed by atoms with Gasteiger partial charge in [-0.2, -0.15) is 8.78 Å². The second kappa shape index (κ2) is 8.23. The van der Waals surface area contributed by atoms with Crippen LogP contribution in [0.1, 0.15) is 22.4 Å². The van der Waals surface area contributed by atoms with Crippen LogP contribution in [0.15, 0.2) is 41.2 Å². The quantitative estimate of drug-likeness (QED) is 0.789. The molecule has 0 bridgehead atoms. The number of rotatable bonds is 6. The zero-order chi connectivity index (χ0) is 18.4. The standard InChI is InChI=1S/C18H18F2N2O3/c1-11-9-12(2)22-17(24)15(11)10-21-16(23)8-5-13-3-6-14(7-4-13)25-18(19)20/h3-9,18H,10H2,1-2H3,(H,21,23)(H,22,24)/b8-5+. The Morgan fingerprint density at radius 1 is 1.28 bits per heavy atom. The van der Waals surface area contributed by atoms with Crippen molar-refractivity contribution in [1.82, 2.24) is 10.3 Å². The van der Waals surface area contributed by atoms with Gasteiger partial charge in [0, 0.05) is 23.9 Å². The van der Waals surface area contributed by atoms with Crippen LogP contribution in [0.5, 0.6) is 5.75 Å². The number of alkyl halides is 2. The number of aromatic amines is 1. The van der Waals surface area contributed by atoms with E-state index in [0.29, 0.717) is 11.1 Å². The van der Waals surface area contributed by atoms with Gasteiger partial charge in [0.1, 0.15) is 5.75 Å². The van der Waals surface area contributed by atoms with E-state index in [1.54, 1.807) is 19.1 Å². The number of halogens is 2. The third-order valence-corrected chi connectivity index (χ3v) is 3.47. The lowest BCUT2D eigenvalue weighted by Gasteiger charge is -2.06. The van der Waals surface area contributed by atoms with Crippen LogP contribution in [0.3, 0.4) is 0 Å². The maximum atomic E-state index is 12.1. The summed E-state index contributed by atoms with van der Waals surface area (Å²) in [5.41, 5.74) is 2.50. The molecule has 25 heavy (non-hydrogen) atoms. The fourth-order valence-electron chi connectivity index (χ4n) is 2.27. The number of hydrogen-bond acceptors (Lipinski definition) is 3. The third-order valence-electron chi connectivity index (χ3n) is 3.47. The minimum atomic E-state index is -2.87. The first-order chi connectivity index (χ1) is 11.8. The summed E-state index contributed by atoms with van der Waals surface area (Å²) < 4.78 is 28.4. The highest BCUT2D eigenvalue weighted by Crippen LogP contribution is 2.15. The number of hydrogen-bond donors (Lipinski definition) is 2. The lowest BCUT2D eigenvalue weighted by Crippen LogP contribution is -2.26. The van der Waals surface area contributed by atoms with Gasteiger partial charge in [0.15, 0.2) is 0 Å². The largest absolute Gasteiger partial charge is 0.435 e. The molecule has 1 aromatic heterocycles. The second-order valence-electron chi connectivity index (χ2n) is 5.44. The molecule has 0 saturated carbocycles. The van der Waals surface area contributed by atoms with Gasteiger partial charge in [-0.1, -0.05) is 12.1 Å². The van der Waals surface area contributed by atoms with E-state index >= 15 is 0 Å². The number of pyridine rings is 1. The van der Waals surface area contributed by atoms with Gasteiger partial charge < -0.3 is 15.0 Å². The summed E-state index contributed by atoms with van der Waals surface area (Å²) in [5, 5.41) is 2.64. The number of H-pyrrole nitrogens is 1. The molecule has 1 amide bonds. The third kappa shape index (κ3) is 5.56. The summed E-state index contributed by atoms with van der Waals surface area (Å²) in [6.45, 7) is 0.839. The first-order valence-electron chi connectivity index (χ1n) is 7.55. The SMILES string of the molecule is Cc1cc(C)c(CNC(=O)/C=C/c2ccc(OC(F)F)cc2)c(=O)[nH]1. The van der Waals surface area contributed by atoms with Gasteiger partial charge >= 0.3 is 6.61 Å². The number of carbonyl (C=O) groups excluding carboxylic acids is 1. The van der Waals surface area contributed by atoms with Gasteiger partial charge in [-0.25, -0.2) is 0 Å². The summed E-state index contributed by atoms with van der Waals surface area (Å²) in [7, 11) is 0. The maximum Gasteiger partial charge on any atom is 0.387 e. The average Bonchev–Trinajstić information content (AvgIpc) is 2.52. The summed E-state index contributed by atoms with van der Waals surface area (Å²) >= 11 is 0. The summed E-state index contributed by atoms with van der Waals surface area (Å²) in [6, 6.07) is 7.71. The Bertz CT molecular complexity index is 827. The lowest BCUT2D eigenvalue weighted by molar-refractivity contribution is -0.116. The molecule has 0 aliphatic rings. The van der Waals surface area contributed by atoms with Crippen LogP contribution >= 0.6 is 0 Å². The van der Waals surface area contributed by atoms with Gasteiger partial charge in [-0.3, -0.25) is 9.59 Å². The highest BCUT2D eigenvalue weighted by atomic mass is 19.3. The minimum absolute atomic E-state index is 0.0469. The topological polar surface area (TPSA) is 71.2 Å². The second-order valence-corrected chi connectivity index (χ2v) is 5.44. The highest BCUT2D eigenvalue weighted by Gasteiger charge is 2.06. The van der Waals surface area contributed by atoms with Crippen molar-refractivity contribution in [3.63, 3.8) is 0 Å². The molecular formula is C18H18F2N2O3. The van der Waals surface area contributed by atoms with E-state index in [4.69, 9.17) is 0 Å². The molecule has 0 atom stereocenters. The Morgan fingerprint density at radius 3 is 2.56 bits per heavy atom. The molecule has 7 heteroatoms. The number of aromatic nitrogens is 1. The normalized spacial score (nSPS) is 11.1. The van der Waals surface area contributed by atoms with E-state index in [0.717, 1.165) is 11.3 Å². The molecule has 132 valence electrons. The summed E-state index contributed by atoms with van der Waals surface area (Å²) in [5.74, 6) is -0.321. The van der Waals surface area contributed by atoms with Crippen molar-refractivity contribution in [2.24, 2.45) is 0 Å². The predicted octanol–water partition coefficient (Wildman–Crippen LogP) is 2.92. The Hall–Kier alpha value is -2.96. The first-order valence-corrected chi connectivity index (χ1v) is 7.55. The molecule has 5 nitrogen and oxygen atoms in total. The average molecular weight is 348 g/mol. The van der Waals surface area contributed by atoms with E-state index in [9.17, 15) is 18.4 Å². The number of aryl methyl sites for hydroxylation is 2. The molecule has 1 aromatic carbocycles. The first kappa shape index (κ1) is 18.4. The van der Waals surface area contributed by atoms with Crippen molar-refractivity contribution in [2.45, 2.75) is 27.0 Å². The van der Waals surface area contributed by atoms with E-state index in [2.05, 4.69) is 15.0 Å². The van der Waals surface area contributed by atoms with E-state index < -0.39 is 6.61 Å². The Balaban J connectivity index is 1.94. The number of amides is 1. The predicted molar refractivity (Wildman–Crippen MR) is 90.5 cm³/mol. The molecule has 0 saturated heterocycles. The van der Waals surface area contributed by atoms with Gasteiger partial charge in [0.05, 0.1) is 0 Å². The van der Waals surface area contributed by atoms with Crippen LogP contribution in [0.2, 0.25) is 0 Å². The maximum absolute atomic E-state index is 12.1. The number of benzene rings is 1. The fraction of sp³-hybridized carbons (Fsp3) is 0.222. The molecule has 0 radical (unpaired) electrons. The van der Waals surface area contributed by atoms with Crippen molar-refractivity contribution in [3.05, 3.63) is 69.1 Å². The van der Waals surface area contributed by atoms with Crippen LogP contribution in [0, 0.1) is 13.8 Å². The fourth-order valence-corrected chi connectivity index (χ4v) is 2.27. The van der Waals surface area contributed by atoms with Crippen molar-refractivity contribution in [3.8, 4) is 5.75 Å². The molecule has 0 unspecified atom stereocenters.